The third-order valence-corrected chi connectivity index (χ3v) is 6.10. The number of Topliss-reactive ketones (excluding diaryl/α,β-unsaturated/α-hetero) is 1. The SMILES string of the molecule is CCCC[C@H](NC(=O)[C@H](CC(C)C)NC(=O)c1cc(F)ccc1F)C(=O)CSCc1ccco1. The summed E-state index contributed by atoms with van der Waals surface area (Å²) in [6.45, 7) is 5.74. The number of hydrogen-bond donors (Lipinski definition) is 2. The lowest BCUT2D eigenvalue weighted by molar-refractivity contribution is -0.128. The maximum atomic E-state index is 14.0. The maximum Gasteiger partial charge on any atom is 0.255 e. The number of benzene rings is 1. The predicted octanol–water partition coefficient (Wildman–Crippen LogP) is 4.88. The molecule has 1 heterocycles. The lowest BCUT2D eigenvalue weighted by Crippen LogP contribution is -2.52. The summed E-state index contributed by atoms with van der Waals surface area (Å²) in [6.07, 6.45) is 3.92. The molecule has 9 heteroatoms. The Labute approximate surface area is 203 Å². The molecule has 0 aliphatic heterocycles. The van der Waals surface area contributed by atoms with Crippen LogP contribution in [0.3, 0.4) is 0 Å². The maximum absolute atomic E-state index is 14.0. The number of unbranched alkanes of at least 4 members (excludes halogenated alkanes) is 1. The van der Waals surface area contributed by atoms with Crippen LogP contribution in [0.5, 0.6) is 0 Å². The quantitative estimate of drug-likeness (QED) is 0.391. The fourth-order valence-electron chi connectivity index (χ4n) is 3.35. The van der Waals surface area contributed by atoms with Crippen LogP contribution in [0.15, 0.2) is 41.0 Å². The molecule has 2 amide bonds. The third kappa shape index (κ3) is 8.93. The molecule has 1 aromatic heterocycles. The minimum absolute atomic E-state index is 0.0297. The molecule has 0 fully saturated rings. The highest BCUT2D eigenvalue weighted by molar-refractivity contribution is 7.99. The highest BCUT2D eigenvalue weighted by Crippen LogP contribution is 2.16. The smallest absolute Gasteiger partial charge is 0.255 e. The van der Waals surface area contributed by atoms with E-state index in [4.69, 9.17) is 4.42 Å². The first-order valence-corrected chi connectivity index (χ1v) is 12.6. The van der Waals surface area contributed by atoms with E-state index in [1.807, 2.05) is 26.8 Å². The second kappa shape index (κ2) is 13.9. The Morgan fingerprint density at radius 2 is 1.85 bits per heavy atom. The molecule has 2 N–H and O–H groups in total. The Balaban J connectivity index is 2.06. The van der Waals surface area contributed by atoms with Gasteiger partial charge in [-0.15, -0.1) is 11.8 Å². The van der Waals surface area contributed by atoms with Crippen LogP contribution in [0.1, 0.15) is 62.6 Å². The summed E-state index contributed by atoms with van der Waals surface area (Å²) in [5, 5.41) is 5.28. The van der Waals surface area contributed by atoms with Crippen LogP contribution in [0, 0.1) is 17.6 Å². The topological polar surface area (TPSA) is 88.4 Å². The third-order valence-electron chi connectivity index (χ3n) is 5.12. The van der Waals surface area contributed by atoms with Gasteiger partial charge in [0.15, 0.2) is 5.78 Å². The van der Waals surface area contributed by atoms with Crippen molar-refractivity contribution in [2.75, 3.05) is 5.75 Å². The van der Waals surface area contributed by atoms with E-state index in [-0.39, 0.29) is 23.9 Å². The molecule has 0 aliphatic rings. The zero-order chi connectivity index (χ0) is 25.1. The fraction of sp³-hybridized carbons (Fsp3) is 0.480. The van der Waals surface area contributed by atoms with E-state index in [9.17, 15) is 23.2 Å². The Morgan fingerprint density at radius 3 is 2.50 bits per heavy atom. The van der Waals surface area contributed by atoms with Gasteiger partial charge in [0.1, 0.15) is 23.4 Å². The van der Waals surface area contributed by atoms with Gasteiger partial charge in [-0.3, -0.25) is 14.4 Å². The molecule has 0 aliphatic carbocycles. The Kier molecular flexibility index (Phi) is 11.3. The monoisotopic (exact) mass is 494 g/mol. The number of carbonyl (C=O) groups is 3. The first-order chi connectivity index (χ1) is 16.2. The van der Waals surface area contributed by atoms with E-state index in [2.05, 4.69) is 10.6 Å². The summed E-state index contributed by atoms with van der Waals surface area (Å²) in [4.78, 5) is 38.5. The normalized spacial score (nSPS) is 12.9. The number of furan rings is 1. The van der Waals surface area contributed by atoms with E-state index < -0.39 is 41.1 Å². The van der Waals surface area contributed by atoms with Gasteiger partial charge in [0, 0.05) is 0 Å². The van der Waals surface area contributed by atoms with Gasteiger partial charge in [-0.2, -0.15) is 0 Å². The Hall–Kier alpha value is -2.68. The van der Waals surface area contributed by atoms with Crippen molar-refractivity contribution >= 4 is 29.4 Å². The molecule has 2 rings (SSSR count). The minimum atomic E-state index is -0.997. The highest BCUT2D eigenvalue weighted by atomic mass is 32.2. The van der Waals surface area contributed by atoms with Crippen molar-refractivity contribution in [1.29, 1.82) is 0 Å². The standard InChI is InChI=1S/C25H32F2N2O4S/c1-4-5-8-21(23(30)15-34-14-18-7-6-11-33-18)28-25(32)22(12-16(2)3)29-24(31)19-13-17(26)9-10-20(19)27/h6-7,9-11,13,16,21-22H,4-5,8,12,14-15H2,1-3H3,(H,28,32)(H,29,31)/t21-,22-/m0/s1. The molecule has 186 valence electrons. The van der Waals surface area contributed by atoms with Crippen molar-refractivity contribution in [3.05, 3.63) is 59.6 Å². The summed E-state index contributed by atoms with van der Waals surface area (Å²) in [6, 6.07) is 4.48. The summed E-state index contributed by atoms with van der Waals surface area (Å²) < 4.78 is 32.8. The van der Waals surface area contributed by atoms with Gasteiger partial charge in [0.25, 0.3) is 5.91 Å². The van der Waals surface area contributed by atoms with Crippen LogP contribution in [0.25, 0.3) is 0 Å². The van der Waals surface area contributed by atoms with E-state index in [1.54, 1.807) is 12.3 Å². The van der Waals surface area contributed by atoms with Gasteiger partial charge in [-0.1, -0.05) is 33.6 Å². The largest absolute Gasteiger partial charge is 0.468 e. The molecule has 0 bridgehead atoms. The zero-order valence-electron chi connectivity index (χ0n) is 19.7. The summed E-state index contributed by atoms with van der Waals surface area (Å²) in [7, 11) is 0. The molecule has 34 heavy (non-hydrogen) atoms. The average molecular weight is 495 g/mol. The van der Waals surface area contributed by atoms with Crippen molar-refractivity contribution in [2.24, 2.45) is 5.92 Å². The van der Waals surface area contributed by atoms with Crippen molar-refractivity contribution in [1.82, 2.24) is 10.6 Å². The molecule has 0 unspecified atom stereocenters. The second-order valence-electron chi connectivity index (χ2n) is 8.52. The number of halogens is 2. The fourth-order valence-corrected chi connectivity index (χ4v) is 4.22. The Morgan fingerprint density at radius 1 is 1.09 bits per heavy atom. The first kappa shape index (κ1) is 27.6. The summed E-state index contributed by atoms with van der Waals surface area (Å²) in [5.41, 5.74) is -0.477. The van der Waals surface area contributed by atoms with Gasteiger partial charge in [0.2, 0.25) is 5.91 Å². The lowest BCUT2D eigenvalue weighted by Gasteiger charge is -2.24. The van der Waals surface area contributed by atoms with Crippen molar-refractivity contribution in [3.8, 4) is 0 Å². The highest BCUT2D eigenvalue weighted by Gasteiger charge is 2.28. The molecular formula is C25H32F2N2O4S. The zero-order valence-corrected chi connectivity index (χ0v) is 20.6. The number of ketones is 1. The summed E-state index contributed by atoms with van der Waals surface area (Å²) in [5.74, 6) is -1.64. The van der Waals surface area contributed by atoms with Crippen molar-refractivity contribution in [3.63, 3.8) is 0 Å². The van der Waals surface area contributed by atoms with E-state index >= 15 is 0 Å². The molecule has 0 saturated heterocycles. The number of thioether (sulfide) groups is 1. The molecule has 2 aromatic rings. The number of amides is 2. The van der Waals surface area contributed by atoms with Crippen LogP contribution in [-0.4, -0.2) is 35.4 Å². The Bertz CT molecular complexity index is 950. The number of carbonyl (C=O) groups excluding carboxylic acids is 3. The molecule has 0 radical (unpaired) electrons. The predicted molar refractivity (Wildman–Crippen MR) is 128 cm³/mol. The van der Waals surface area contributed by atoms with Gasteiger partial charge in [0.05, 0.1) is 29.4 Å². The molecule has 1 aromatic carbocycles. The van der Waals surface area contributed by atoms with Crippen LogP contribution in [0.2, 0.25) is 0 Å². The average Bonchev–Trinajstić information content (AvgIpc) is 3.30. The molecular weight excluding hydrogens is 462 g/mol. The van der Waals surface area contributed by atoms with Gasteiger partial charge < -0.3 is 15.1 Å². The van der Waals surface area contributed by atoms with Gasteiger partial charge in [-0.05, 0) is 49.1 Å². The molecule has 0 saturated carbocycles. The number of hydrogen-bond acceptors (Lipinski definition) is 5. The van der Waals surface area contributed by atoms with Gasteiger partial charge >= 0.3 is 0 Å². The summed E-state index contributed by atoms with van der Waals surface area (Å²) >= 11 is 1.40. The lowest BCUT2D eigenvalue weighted by atomic mass is 10.0. The first-order valence-electron chi connectivity index (χ1n) is 11.4. The number of nitrogens with one attached hydrogen (secondary N) is 2. The second-order valence-corrected chi connectivity index (χ2v) is 9.51. The van der Waals surface area contributed by atoms with Crippen LogP contribution >= 0.6 is 11.8 Å². The van der Waals surface area contributed by atoms with Gasteiger partial charge in [-0.25, -0.2) is 8.78 Å². The van der Waals surface area contributed by atoms with Crippen LogP contribution < -0.4 is 10.6 Å². The minimum Gasteiger partial charge on any atom is -0.468 e. The van der Waals surface area contributed by atoms with E-state index in [0.29, 0.717) is 12.2 Å². The van der Waals surface area contributed by atoms with E-state index in [0.717, 1.165) is 36.8 Å². The molecule has 0 spiro atoms. The number of rotatable bonds is 14. The van der Waals surface area contributed by atoms with Crippen LogP contribution in [-0.2, 0) is 15.3 Å². The molecule has 2 atom stereocenters. The molecule has 6 nitrogen and oxygen atoms in total. The van der Waals surface area contributed by atoms with E-state index in [1.165, 1.54) is 11.8 Å². The van der Waals surface area contributed by atoms with Crippen molar-refractivity contribution in [2.45, 2.75) is 64.3 Å². The van der Waals surface area contributed by atoms with Crippen LogP contribution in [0.4, 0.5) is 8.78 Å². The van der Waals surface area contributed by atoms with Crippen molar-refractivity contribution < 1.29 is 27.6 Å².